The first-order valence-electron chi connectivity index (χ1n) is 18.7. The van der Waals surface area contributed by atoms with Crippen molar-refractivity contribution in [3.63, 3.8) is 0 Å². The molecule has 53 heavy (non-hydrogen) atoms. The van der Waals surface area contributed by atoms with Crippen molar-refractivity contribution >= 4 is 23.8 Å². The van der Waals surface area contributed by atoms with Crippen molar-refractivity contribution in [1.29, 1.82) is 0 Å². The van der Waals surface area contributed by atoms with E-state index in [9.17, 15) is 49.8 Å². The standard InChI is InChI=1S/C35H64N2O16/c1-3-4-5-6-7-8-9-10-14-49-15-16-50-17-18-51-19-20-52-34(47)28(23(2)21-25-30(43)31(44)32(45)35(48)53-25)37-33(46)29(24(39)22-38)36-26(40)12-11-13-27(41)42/h23-25,28-32,35,38-39,43-45,48H,3-22H2,1-2H3,(H,36,40)(H,37,46)(H,41,42)/t23-,24-,25?,28-,29?,30+,31-,32-,35+/m0/s1. The van der Waals surface area contributed by atoms with Gasteiger partial charge in [-0.2, -0.15) is 0 Å². The van der Waals surface area contributed by atoms with Crippen molar-refractivity contribution < 1.29 is 78.6 Å². The van der Waals surface area contributed by atoms with Crippen molar-refractivity contribution in [3.8, 4) is 0 Å². The number of aliphatic hydroxyl groups is 6. The molecule has 0 aliphatic carbocycles. The maximum Gasteiger partial charge on any atom is 0.328 e. The number of carbonyl (C=O) groups excluding carboxylic acids is 3. The van der Waals surface area contributed by atoms with Crippen molar-refractivity contribution in [2.24, 2.45) is 5.92 Å². The number of carboxylic acids is 1. The predicted molar refractivity (Wildman–Crippen MR) is 187 cm³/mol. The Morgan fingerprint density at radius 1 is 0.698 bits per heavy atom. The lowest BCUT2D eigenvalue weighted by Crippen LogP contribution is -2.60. The zero-order chi connectivity index (χ0) is 39.6. The minimum Gasteiger partial charge on any atom is -0.481 e. The number of ether oxygens (including phenoxy) is 5. The molecule has 0 saturated carbocycles. The summed E-state index contributed by atoms with van der Waals surface area (Å²) in [7, 11) is 0. The molecule has 1 rings (SSSR count). The van der Waals surface area contributed by atoms with Crippen LogP contribution < -0.4 is 10.6 Å². The van der Waals surface area contributed by atoms with Gasteiger partial charge >= 0.3 is 11.9 Å². The number of hydrogen-bond donors (Lipinski definition) is 9. The molecular weight excluding hydrogens is 704 g/mol. The number of rotatable bonds is 31. The molecule has 0 bridgehead atoms. The lowest BCUT2D eigenvalue weighted by atomic mass is 9.88. The molecule has 1 aliphatic rings. The van der Waals surface area contributed by atoms with Crippen LogP contribution in [-0.2, 0) is 42.9 Å². The summed E-state index contributed by atoms with van der Waals surface area (Å²) in [5.74, 6) is -4.94. The summed E-state index contributed by atoms with van der Waals surface area (Å²) in [5.41, 5.74) is 0. The van der Waals surface area contributed by atoms with Crippen LogP contribution in [0.4, 0.5) is 0 Å². The number of unbranched alkanes of at least 4 members (excludes halogenated alkanes) is 7. The number of carboxylic acid groups (broad SMARTS) is 1. The molecule has 1 saturated heterocycles. The first-order valence-corrected chi connectivity index (χ1v) is 18.7. The summed E-state index contributed by atoms with van der Waals surface area (Å²) >= 11 is 0. The third kappa shape index (κ3) is 20.7. The largest absolute Gasteiger partial charge is 0.481 e. The number of hydrogen-bond acceptors (Lipinski definition) is 15. The van der Waals surface area contributed by atoms with E-state index in [0.29, 0.717) is 19.8 Å². The normalized spacial score (nSPS) is 22.4. The van der Waals surface area contributed by atoms with Crippen LogP contribution in [0.1, 0.15) is 90.9 Å². The summed E-state index contributed by atoms with van der Waals surface area (Å²) in [5, 5.41) is 73.5. The predicted octanol–water partition coefficient (Wildman–Crippen LogP) is -0.876. The lowest BCUT2D eigenvalue weighted by molar-refractivity contribution is -0.284. The van der Waals surface area contributed by atoms with Gasteiger partial charge in [0.1, 0.15) is 43.1 Å². The number of esters is 1. The molecule has 0 aromatic heterocycles. The molecule has 0 spiro atoms. The number of amides is 2. The first kappa shape index (κ1) is 48.5. The quantitative estimate of drug-likeness (QED) is 0.0306. The Bertz CT molecular complexity index is 1020. The average Bonchev–Trinajstić information content (AvgIpc) is 3.12. The maximum absolute atomic E-state index is 13.3. The van der Waals surface area contributed by atoms with E-state index in [1.165, 1.54) is 45.4 Å². The molecule has 18 heteroatoms. The van der Waals surface area contributed by atoms with Gasteiger partial charge in [-0.05, 0) is 25.2 Å². The van der Waals surface area contributed by atoms with Gasteiger partial charge in [-0.25, -0.2) is 4.79 Å². The highest BCUT2D eigenvalue weighted by molar-refractivity contribution is 5.91. The van der Waals surface area contributed by atoms with E-state index < -0.39 is 85.2 Å². The third-order valence-electron chi connectivity index (χ3n) is 8.74. The highest BCUT2D eigenvalue weighted by Gasteiger charge is 2.45. The van der Waals surface area contributed by atoms with E-state index in [1.807, 2.05) is 0 Å². The van der Waals surface area contributed by atoms with Crippen molar-refractivity contribution in [2.75, 3.05) is 52.9 Å². The van der Waals surface area contributed by atoms with Crippen LogP contribution in [0.5, 0.6) is 0 Å². The molecule has 9 N–H and O–H groups in total. The Kier molecular flexibility index (Phi) is 26.4. The van der Waals surface area contributed by atoms with Gasteiger partial charge in [0, 0.05) is 19.4 Å². The average molecular weight is 769 g/mol. The molecule has 1 fully saturated rings. The highest BCUT2D eigenvalue weighted by Crippen LogP contribution is 2.26. The van der Waals surface area contributed by atoms with Gasteiger partial charge in [0.25, 0.3) is 0 Å². The van der Waals surface area contributed by atoms with Crippen LogP contribution in [0.25, 0.3) is 0 Å². The summed E-state index contributed by atoms with van der Waals surface area (Å²) in [4.78, 5) is 49.7. The van der Waals surface area contributed by atoms with Crippen LogP contribution in [0.2, 0.25) is 0 Å². The molecule has 2 amide bonds. The summed E-state index contributed by atoms with van der Waals surface area (Å²) in [6.45, 7) is 4.47. The number of aliphatic carboxylic acids is 1. The molecule has 18 nitrogen and oxygen atoms in total. The van der Waals surface area contributed by atoms with E-state index in [4.69, 9.17) is 28.8 Å². The van der Waals surface area contributed by atoms with E-state index in [0.717, 1.165) is 12.8 Å². The Balaban J connectivity index is 2.63. The molecule has 1 heterocycles. The Hall–Kier alpha value is -2.52. The van der Waals surface area contributed by atoms with Crippen LogP contribution in [0, 0.1) is 5.92 Å². The van der Waals surface area contributed by atoms with Gasteiger partial charge in [-0.1, -0.05) is 58.8 Å². The van der Waals surface area contributed by atoms with Crippen LogP contribution in [0.3, 0.4) is 0 Å². The van der Waals surface area contributed by atoms with Gasteiger partial charge < -0.3 is 70.1 Å². The number of nitrogens with one attached hydrogen (secondary N) is 2. The van der Waals surface area contributed by atoms with Gasteiger partial charge in [0.15, 0.2) is 6.29 Å². The minimum absolute atomic E-state index is 0.0297. The molecule has 1 aliphatic heterocycles. The Morgan fingerprint density at radius 2 is 1.26 bits per heavy atom. The van der Waals surface area contributed by atoms with Gasteiger partial charge in [-0.15, -0.1) is 0 Å². The van der Waals surface area contributed by atoms with Gasteiger partial charge in [-0.3, -0.25) is 14.4 Å². The summed E-state index contributed by atoms with van der Waals surface area (Å²) in [6, 6.07) is -3.26. The molecule has 310 valence electrons. The lowest BCUT2D eigenvalue weighted by Gasteiger charge is -2.40. The second-order valence-corrected chi connectivity index (χ2v) is 13.3. The monoisotopic (exact) mass is 768 g/mol. The second-order valence-electron chi connectivity index (χ2n) is 13.3. The van der Waals surface area contributed by atoms with Crippen LogP contribution in [0.15, 0.2) is 0 Å². The van der Waals surface area contributed by atoms with E-state index in [-0.39, 0.29) is 52.1 Å². The number of aliphatic hydroxyl groups excluding tert-OH is 6. The zero-order valence-corrected chi connectivity index (χ0v) is 31.1. The Labute approximate surface area is 311 Å². The first-order chi connectivity index (χ1) is 25.3. The van der Waals surface area contributed by atoms with Crippen molar-refractivity contribution in [1.82, 2.24) is 10.6 Å². The topological polar surface area (TPSA) is 280 Å². The zero-order valence-electron chi connectivity index (χ0n) is 31.1. The van der Waals surface area contributed by atoms with Crippen LogP contribution >= 0.6 is 0 Å². The molecular formula is C35H64N2O16. The van der Waals surface area contributed by atoms with Gasteiger partial charge in [0.2, 0.25) is 11.8 Å². The molecule has 9 atom stereocenters. The van der Waals surface area contributed by atoms with E-state index in [2.05, 4.69) is 17.6 Å². The van der Waals surface area contributed by atoms with E-state index >= 15 is 0 Å². The maximum atomic E-state index is 13.3. The van der Waals surface area contributed by atoms with Gasteiger partial charge in [0.05, 0.1) is 45.7 Å². The fraction of sp³-hybridized carbons (Fsp3) is 0.886. The third-order valence-corrected chi connectivity index (χ3v) is 8.74. The smallest absolute Gasteiger partial charge is 0.328 e. The van der Waals surface area contributed by atoms with Crippen LogP contribution in [-0.4, -0.2) is 161 Å². The summed E-state index contributed by atoms with van der Waals surface area (Å²) < 4.78 is 27.1. The second kappa shape index (κ2) is 28.9. The van der Waals surface area contributed by atoms with Crippen molar-refractivity contribution in [2.45, 2.75) is 140 Å². The van der Waals surface area contributed by atoms with Crippen molar-refractivity contribution in [3.05, 3.63) is 0 Å². The summed E-state index contributed by atoms with van der Waals surface area (Å²) in [6.07, 6.45) is -1.33. The molecule has 0 aromatic carbocycles. The molecule has 0 aromatic rings. The minimum atomic E-state index is -1.85. The SMILES string of the molecule is CCCCCCCCCCOCCOCCOCCOC(=O)[C@@H](NC(=O)C(NC(=O)CCCC(=O)O)[C@@H](O)CO)[C@@H](C)CC1O[C@@H](O)[C@@H](O)[C@@H](O)[C@@H]1O. The fourth-order valence-electron chi connectivity index (χ4n) is 5.56. The molecule has 0 radical (unpaired) electrons. The fourth-order valence-corrected chi connectivity index (χ4v) is 5.56. The van der Waals surface area contributed by atoms with E-state index in [1.54, 1.807) is 0 Å². The molecule has 2 unspecified atom stereocenters. The Morgan fingerprint density at radius 3 is 1.85 bits per heavy atom. The number of carbonyl (C=O) groups is 4. The highest BCUT2D eigenvalue weighted by atomic mass is 16.6.